The van der Waals surface area contributed by atoms with E-state index < -0.39 is 13.8 Å². The lowest BCUT2D eigenvalue weighted by Gasteiger charge is -2.34. The third-order valence-corrected chi connectivity index (χ3v) is 9.47. The number of imidazole rings is 2. The first-order valence-corrected chi connectivity index (χ1v) is 18.1. The topological polar surface area (TPSA) is 177 Å². The number of piperazine rings is 1. The molecule has 1 aliphatic heterocycles. The lowest BCUT2D eigenvalue weighted by atomic mass is 10.2. The highest BCUT2D eigenvalue weighted by Gasteiger charge is 2.20. The molecule has 2 aromatic heterocycles. The van der Waals surface area contributed by atoms with Crippen LogP contribution in [0.25, 0.3) is 44.8 Å². The molecule has 5 aromatic rings. The molecule has 1 aliphatic rings. The number of fused-ring (bicyclic) bond motifs is 2. The summed E-state index contributed by atoms with van der Waals surface area (Å²) in [4.78, 5) is 53.7. The first-order chi connectivity index (χ1) is 23.1. The first-order valence-electron chi connectivity index (χ1n) is 16.3. The Hall–Kier alpha value is -4.26. The molecule has 0 bridgehead atoms. The third kappa shape index (κ3) is 8.41. The Balaban J connectivity index is 1.06. The molecular weight excluding hydrogens is 631 g/mol. The van der Waals surface area contributed by atoms with E-state index in [1.54, 1.807) is 4.90 Å². The summed E-state index contributed by atoms with van der Waals surface area (Å²) in [6.07, 6.45) is 0.534. The number of nitrogens with one attached hydrogen (secondary N) is 2. The van der Waals surface area contributed by atoms with E-state index in [1.807, 2.05) is 42.5 Å². The van der Waals surface area contributed by atoms with Gasteiger partial charge in [0.1, 0.15) is 17.4 Å². The van der Waals surface area contributed by atoms with Gasteiger partial charge in [0.05, 0.1) is 34.8 Å². The minimum atomic E-state index is -4.23. The largest absolute Gasteiger partial charge is 0.494 e. The molecule has 0 saturated carbocycles. The zero-order chi connectivity index (χ0) is 33.7. The highest BCUT2D eigenvalue weighted by atomic mass is 31.2. The van der Waals surface area contributed by atoms with Crippen molar-refractivity contribution in [3.8, 4) is 28.5 Å². The van der Waals surface area contributed by atoms with Crippen molar-refractivity contribution in [3.63, 3.8) is 0 Å². The predicted molar refractivity (Wildman–Crippen MR) is 188 cm³/mol. The standard InChI is InChI=1S/C34H43N8O5P/c1-40-16-18-41(19-17-40)26-7-11-29-31(23-26)39-34(37-29)25-6-10-28-30(22-25)38-33(36-28)24-4-8-27(9-5-24)47-20-3-15-42(14-2-13-35)32(43)12-21-48(44,45)46/h4-11,22-23H,2-3,12-21,35H2,1H3,(H,36,38)(H,37,39)(H2,44,45,46). The summed E-state index contributed by atoms with van der Waals surface area (Å²) in [5.74, 6) is 1.96. The average Bonchev–Trinajstić information content (AvgIpc) is 3.71. The summed E-state index contributed by atoms with van der Waals surface area (Å²) in [6.45, 7) is 5.82. The van der Waals surface area contributed by atoms with E-state index in [4.69, 9.17) is 30.2 Å². The van der Waals surface area contributed by atoms with Crippen molar-refractivity contribution >= 4 is 41.3 Å². The fourth-order valence-electron chi connectivity index (χ4n) is 5.88. The van der Waals surface area contributed by atoms with Gasteiger partial charge in [-0.15, -0.1) is 0 Å². The Labute approximate surface area is 279 Å². The van der Waals surface area contributed by atoms with Gasteiger partial charge in [0.2, 0.25) is 5.91 Å². The molecule has 3 aromatic carbocycles. The Morgan fingerprint density at radius 3 is 2.21 bits per heavy atom. The second-order valence-electron chi connectivity index (χ2n) is 12.3. The summed E-state index contributed by atoms with van der Waals surface area (Å²) in [5, 5.41) is 0. The van der Waals surface area contributed by atoms with E-state index in [9.17, 15) is 9.36 Å². The minimum absolute atomic E-state index is 0.196. The SMILES string of the molecule is CN1CCN(c2ccc3[nH]c(-c4ccc5[nH]c(-c6ccc(OCCCN(CCCN)C(=O)CCP(=O)(O)O)cc6)nc5c4)nc3c2)CC1. The van der Waals surface area contributed by atoms with Crippen LogP contribution in [0.4, 0.5) is 5.69 Å². The smallest absolute Gasteiger partial charge is 0.326 e. The van der Waals surface area contributed by atoms with Gasteiger partial charge in [-0.05, 0) is 87.1 Å². The van der Waals surface area contributed by atoms with Gasteiger partial charge in [0.25, 0.3) is 0 Å². The normalized spacial score (nSPS) is 14.2. The van der Waals surface area contributed by atoms with E-state index in [-0.39, 0.29) is 12.3 Å². The molecule has 1 saturated heterocycles. The van der Waals surface area contributed by atoms with Gasteiger partial charge < -0.3 is 44.9 Å². The molecular formula is C34H43N8O5P. The Morgan fingerprint density at radius 2 is 1.52 bits per heavy atom. The van der Waals surface area contributed by atoms with Crippen LogP contribution in [0.5, 0.6) is 5.75 Å². The maximum atomic E-state index is 12.5. The number of amides is 1. The van der Waals surface area contributed by atoms with Crippen LogP contribution in [0.15, 0.2) is 60.7 Å². The van der Waals surface area contributed by atoms with Crippen molar-refractivity contribution < 1.29 is 23.9 Å². The fourth-order valence-corrected chi connectivity index (χ4v) is 6.36. The molecule has 6 N–H and O–H groups in total. The molecule has 0 spiro atoms. The van der Waals surface area contributed by atoms with Crippen LogP contribution in [-0.2, 0) is 9.36 Å². The van der Waals surface area contributed by atoms with E-state index in [2.05, 4.69) is 45.0 Å². The molecule has 3 heterocycles. The molecule has 14 heteroatoms. The molecule has 6 rings (SSSR count). The van der Waals surface area contributed by atoms with Gasteiger partial charge in [-0.3, -0.25) is 9.36 Å². The number of carbonyl (C=O) groups is 1. The van der Waals surface area contributed by atoms with E-state index >= 15 is 0 Å². The van der Waals surface area contributed by atoms with Gasteiger partial charge in [0, 0.05) is 62.5 Å². The number of nitrogens with zero attached hydrogens (tertiary/aromatic N) is 5. The summed E-state index contributed by atoms with van der Waals surface area (Å²) in [5.41, 5.74) is 12.4. The molecule has 254 valence electrons. The van der Waals surface area contributed by atoms with E-state index in [0.29, 0.717) is 44.8 Å². The van der Waals surface area contributed by atoms with Gasteiger partial charge in [-0.1, -0.05) is 0 Å². The van der Waals surface area contributed by atoms with Crippen molar-refractivity contribution in [2.45, 2.75) is 19.3 Å². The molecule has 1 fully saturated rings. The Bertz CT molecular complexity index is 1890. The van der Waals surface area contributed by atoms with Crippen LogP contribution in [0, 0.1) is 0 Å². The quantitative estimate of drug-likeness (QED) is 0.0854. The number of likely N-dealkylation sites (N-methyl/N-ethyl adjacent to an activating group) is 1. The Kier molecular flexibility index (Phi) is 10.4. The van der Waals surface area contributed by atoms with Crippen LogP contribution < -0.4 is 15.4 Å². The highest BCUT2D eigenvalue weighted by Crippen LogP contribution is 2.35. The van der Waals surface area contributed by atoms with Gasteiger partial charge in [-0.2, -0.15) is 0 Å². The van der Waals surface area contributed by atoms with Crippen molar-refractivity contribution in [1.29, 1.82) is 0 Å². The number of aromatic nitrogens is 4. The zero-order valence-corrected chi connectivity index (χ0v) is 28.0. The number of aromatic amines is 2. The predicted octanol–water partition coefficient (Wildman–Crippen LogP) is 4.04. The maximum absolute atomic E-state index is 12.5. The number of hydrogen-bond donors (Lipinski definition) is 5. The molecule has 13 nitrogen and oxygen atoms in total. The van der Waals surface area contributed by atoms with Gasteiger partial charge >= 0.3 is 7.60 Å². The molecule has 0 atom stereocenters. The Morgan fingerprint density at radius 1 is 0.896 bits per heavy atom. The number of rotatable bonds is 14. The molecule has 0 unspecified atom stereocenters. The van der Waals surface area contributed by atoms with Crippen LogP contribution in [0.2, 0.25) is 0 Å². The number of benzene rings is 3. The summed E-state index contributed by atoms with van der Waals surface area (Å²) in [7, 11) is -2.07. The third-order valence-electron chi connectivity index (χ3n) is 8.66. The summed E-state index contributed by atoms with van der Waals surface area (Å²) < 4.78 is 17.1. The van der Waals surface area contributed by atoms with E-state index in [0.717, 1.165) is 71.0 Å². The van der Waals surface area contributed by atoms with Crippen molar-refractivity contribution in [2.75, 3.05) is 70.5 Å². The minimum Gasteiger partial charge on any atom is -0.494 e. The lowest BCUT2D eigenvalue weighted by molar-refractivity contribution is -0.131. The van der Waals surface area contributed by atoms with Gasteiger partial charge in [0.15, 0.2) is 0 Å². The summed E-state index contributed by atoms with van der Waals surface area (Å²) in [6, 6.07) is 20.2. The fraction of sp³-hybridized carbons (Fsp3) is 0.382. The number of anilines is 1. The maximum Gasteiger partial charge on any atom is 0.326 e. The second kappa shape index (κ2) is 14.9. The number of nitrogens with two attached hydrogens (primary N) is 1. The summed E-state index contributed by atoms with van der Waals surface area (Å²) >= 11 is 0. The van der Waals surface area contributed by atoms with Crippen LogP contribution in [0.3, 0.4) is 0 Å². The van der Waals surface area contributed by atoms with Crippen LogP contribution >= 0.6 is 7.60 Å². The van der Waals surface area contributed by atoms with Crippen molar-refractivity contribution in [3.05, 3.63) is 60.7 Å². The zero-order valence-electron chi connectivity index (χ0n) is 27.1. The van der Waals surface area contributed by atoms with Crippen LogP contribution in [0.1, 0.15) is 19.3 Å². The highest BCUT2D eigenvalue weighted by molar-refractivity contribution is 7.51. The van der Waals surface area contributed by atoms with E-state index in [1.165, 1.54) is 5.69 Å². The van der Waals surface area contributed by atoms with Crippen molar-refractivity contribution in [1.82, 2.24) is 29.7 Å². The van der Waals surface area contributed by atoms with Gasteiger partial charge in [-0.25, -0.2) is 9.97 Å². The number of ether oxygens (including phenoxy) is 1. The second-order valence-corrected chi connectivity index (χ2v) is 14.1. The monoisotopic (exact) mass is 674 g/mol. The molecule has 0 aliphatic carbocycles. The lowest BCUT2D eigenvalue weighted by Crippen LogP contribution is -2.44. The number of H-pyrrole nitrogens is 2. The molecule has 1 amide bonds. The first kappa shape index (κ1) is 33.6. The molecule has 0 radical (unpaired) electrons. The van der Waals surface area contributed by atoms with Crippen molar-refractivity contribution in [2.24, 2.45) is 5.73 Å². The number of carbonyl (C=O) groups excluding carboxylic acids is 1. The van der Waals surface area contributed by atoms with Crippen LogP contribution in [-0.4, -0.2) is 111 Å². The number of hydrogen-bond acceptors (Lipinski definition) is 8. The molecule has 48 heavy (non-hydrogen) atoms. The average molecular weight is 675 g/mol.